The lowest BCUT2D eigenvalue weighted by atomic mass is 10.0. The number of aromatic nitrogens is 2. The lowest BCUT2D eigenvalue weighted by Crippen LogP contribution is -2.32. The summed E-state index contributed by atoms with van der Waals surface area (Å²) in [5, 5.41) is 4.72. The van der Waals surface area contributed by atoms with Crippen LogP contribution in [0.2, 0.25) is 5.02 Å². The van der Waals surface area contributed by atoms with Crippen molar-refractivity contribution in [3.63, 3.8) is 0 Å². The van der Waals surface area contributed by atoms with Gasteiger partial charge in [0.25, 0.3) is 0 Å². The largest absolute Gasteiger partial charge is 0.385 e. The van der Waals surface area contributed by atoms with Crippen LogP contribution in [-0.2, 0) is 23.0 Å². The molecule has 0 fully saturated rings. The van der Waals surface area contributed by atoms with Crippen LogP contribution < -0.4 is 5.73 Å². The first-order valence-corrected chi connectivity index (χ1v) is 6.30. The molecule has 1 aromatic rings. The fraction of sp³-hybridized carbons (Fsp3) is 0.667. The van der Waals surface area contributed by atoms with E-state index in [9.17, 15) is 4.79 Å². The number of rotatable bonds is 7. The van der Waals surface area contributed by atoms with Crippen LogP contribution in [0.4, 0.5) is 0 Å². The highest BCUT2D eigenvalue weighted by molar-refractivity contribution is 6.32. The Morgan fingerprint density at radius 2 is 2.28 bits per heavy atom. The number of methoxy groups -OCH3 is 1. The Balaban J connectivity index is 2.58. The lowest BCUT2D eigenvalue weighted by molar-refractivity contribution is -0.119. The topological polar surface area (TPSA) is 70.1 Å². The van der Waals surface area contributed by atoms with E-state index < -0.39 is 6.04 Å². The molecular formula is C12H20ClN3O2. The number of hydrogen-bond acceptors (Lipinski definition) is 4. The van der Waals surface area contributed by atoms with Gasteiger partial charge in [0.05, 0.1) is 28.9 Å². The number of aryl methyl sites for hydroxylation is 2. The Bertz CT molecular complexity index is 418. The first kappa shape index (κ1) is 15.1. The number of carbonyl (C=O) groups excluding carboxylic acids is 1. The zero-order valence-corrected chi connectivity index (χ0v) is 11.8. The molecule has 0 aliphatic heterocycles. The van der Waals surface area contributed by atoms with E-state index in [-0.39, 0.29) is 12.2 Å². The number of hydrogen-bond donors (Lipinski definition) is 1. The first-order chi connectivity index (χ1) is 8.47. The molecule has 0 aromatic carbocycles. The number of ether oxygens (including phenoxy) is 1. The van der Waals surface area contributed by atoms with Gasteiger partial charge in [-0.25, -0.2) is 0 Å². The Kier molecular flexibility index (Phi) is 5.78. The van der Waals surface area contributed by atoms with Crippen molar-refractivity contribution >= 4 is 17.4 Å². The Hall–Kier alpha value is -0.910. The van der Waals surface area contributed by atoms with Crippen LogP contribution in [0.1, 0.15) is 24.2 Å². The maximum atomic E-state index is 12.0. The molecule has 6 heteroatoms. The quantitative estimate of drug-likeness (QED) is 0.759. The molecule has 0 bridgehead atoms. The number of ketones is 1. The van der Waals surface area contributed by atoms with Gasteiger partial charge < -0.3 is 10.5 Å². The maximum absolute atomic E-state index is 12.0. The molecule has 5 nitrogen and oxygen atoms in total. The molecule has 1 atom stereocenters. The van der Waals surface area contributed by atoms with Crippen LogP contribution in [-0.4, -0.2) is 35.3 Å². The first-order valence-electron chi connectivity index (χ1n) is 5.92. The van der Waals surface area contributed by atoms with E-state index in [1.807, 2.05) is 6.92 Å². The fourth-order valence-corrected chi connectivity index (χ4v) is 2.00. The van der Waals surface area contributed by atoms with Gasteiger partial charge in [-0.2, -0.15) is 5.10 Å². The van der Waals surface area contributed by atoms with Crippen LogP contribution in [0.5, 0.6) is 0 Å². The molecule has 102 valence electrons. The number of nitrogens with zero attached hydrogens (tertiary/aromatic N) is 2. The van der Waals surface area contributed by atoms with E-state index in [1.165, 1.54) is 0 Å². The number of Topliss-reactive ketones (excluding diaryl/α,β-unsaturated/α-hetero) is 1. The highest BCUT2D eigenvalue weighted by Crippen LogP contribution is 2.20. The number of nitrogens with two attached hydrogens (primary N) is 1. The summed E-state index contributed by atoms with van der Waals surface area (Å²) in [6, 6.07) is -0.466. The molecule has 0 radical (unpaired) electrons. The van der Waals surface area contributed by atoms with Gasteiger partial charge in [0.1, 0.15) is 0 Å². The van der Waals surface area contributed by atoms with Gasteiger partial charge >= 0.3 is 0 Å². The van der Waals surface area contributed by atoms with Crippen molar-refractivity contribution in [1.29, 1.82) is 0 Å². The summed E-state index contributed by atoms with van der Waals surface area (Å²) in [7, 11) is 3.41. The molecule has 0 saturated heterocycles. The smallest absolute Gasteiger partial charge is 0.155 e. The SMILES string of the molecule is COCCCC(N)C(=O)Cc1c(Cl)c(C)nn1C. The van der Waals surface area contributed by atoms with Gasteiger partial charge in [0.15, 0.2) is 5.78 Å². The second kappa shape index (κ2) is 6.87. The third-order valence-corrected chi connectivity index (χ3v) is 3.37. The molecule has 0 saturated carbocycles. The third-order valence-electron chi connectivity index (χ3n) is 2.88. The molecule has 0 aliphatic carbocycles. The van der Waals surface area contributed by atoms with Crippen LogP contribution in [0.3, 0.4) is 0 Å². The van der Waals surface area contributed by atoms with Crippen LogP contribution >= 0.6 is 11.6 Å². The van der Waals surface area contributed by atoms with Crippen LogP contribution in [0, 0.1) is 6.92 Å². The summed E-state index contributed by atoms with van der Waals surface area (Å²) in [6.45, 7) is 2.43. The fourth-order valence-electron chi connectivity index (χ4n) is 1.78. The maximum Gasteiger partial charge on any atom is 0.155 e. The van der Waals surface area contributed by atoms with Crippen molar-refractivity contribution in [3.05, 3.63) is 16.4 Å². The van der Waals surface area contributed by atoms with Gasteiger partial charge in [0, 0.05) is 20.8 Å². The van der Waals surface area contributed by atoms with Gasteiger partial charge in [0.2, 0.25) is 0 Å². The summed E-state index contributed by atoms with van der Waals surface area (Å²) in [5.41, 5.74) is 7.29. The van der Waals surface area contributed by atoms with Crippen LogP contribution in [0.15, 0.2) is 0 Å². The summed E-state index contributed by atoms with van der Waals surface area (Å²) in [4.78, 5) is 12.0. The minimum absolute atomic E-state index is 0.0176. The molecule has 1 heterocycles. The second-order valence-corrected chi connectivity index (χ2v) is 4.73. The molecule has 1 rings (SSSR count). The predicted molar refractivity (Wildman–Crippen MR) is 70.8 cm³/mol. The molecule has 0 spiro atoms. The minimum atomic E-state index is -0.466. The second-order valence-electron chi connectivity index (χ2n) is 4.35. The highest BCUT2D eigenvalue weighted by Gasteiger charge is 2.19. The van der Waals surface area contributed by atoms with Crippen molar-refractivity contribution in [3.8, 4) is 0 Å². The zero-order valence-electron chi connectivity index (χ0n) is 11.1. The highest BCUT2D eigenvalue weighted by atomic mass is 35.5. The predicted octanol–water partition coefficient (Wildman–Crippen LogP) is 1.25. The lowest BCUT2D eigenvalue weighted by Gasteiger charge is -2.10. The van der Waals surface area contributed by atoms with Crippen LogP contribution in [0.25, 0.3) is 0 Å². The Morgan fingerprint density at radius 3 is 2.78 bits per heavy atom. The van der Waals surface area contributed by atoms with Gasteiger partial charge in [-0.05, 0) is 19.8 Å². The zero-order chi connectivity index (χ0) is 13.7. The van der Waals surface area contributed by atoms with E-state index in [1.54, 1.807) is 18.8 Å². The van der Waals surface area contributed by atoms with E-state index in [0.717, 1.165) is 17.8 Å². The monoisotopic (exact) mass is 273 g/mol. The van der Waals surface area contributed by atoms with Crippen molar-refractivity contribution in [2.75, 3.05) is 13.7 Å². The summed E-state index contributed by atoms with van der Waals surface area (Å²) in [5.74, 6) is -0.0176. The Labute approximate surface area is 112 Å². The van der Waals surface area contributed by atoms with Gasteiger partial charge in [-0.1, -0.05) is 11.6 Å². The third kappa shape index (κ3) is 3.80. The molecule has 0 aliphatic rings. The summed E-state index contributed by atoms with van der Waals surface area (Å²) >= 11 is 6.09. The normalized spacial score (nSPS) is 12.7. The molecular weight excluding hydrogens is 254 g/mol. The van der Waals surface area contributed by atoms with Crippen molar-refractivity contribution in [2.24, 2.45) is 12.8 Å². The summed E-state index contributed by atoms with van der Waals surface area (Å²) in [6.07, 6.45) is 1.63. The number of carbonyl (C=O) groups is 1. The average Bonchev–Trinajstić information content (AvgIpc) is 2.56. The molecule has 18 heavy (non-hydrogen) atoms. The number of halogens is 1. The van der Waals surface area contributed by atoms with E-state index >= 15 is 0 Å². The molecule has 1 unspecified atom stereocenters. The minimum Gasteiger partial charge on any atom is -0.385 e. The standard InChI is InChI=1S/C12H20ClN3O2/c1-8-12(13)10(16(2)15-8)7-11(17)9(14)5-4-6-18-3/h9H,4-7,14H2,1-3H3. The molecule has 0 amide bonds. The van der Waals surface area contributed by atoms with Gasteiger partial charge in [-0.15, -0.1) is 0 Å². The van der Waals surface area contributed by atoms with Crippen molar-refractivity contribution in [1.82, 2.24) is 9.78 Å². The van der Waals surface area contributed by atoms with E-state index in [2.05, 4.69) is 5.10 Å². The average molecular weight is 274 g/mol. The van der Waals surface area contributed by atoms with E-state index in [0.29, 0.717) is 18.1 Å². The van der Waals surface area contributed by atoms with Crippen molar-refractivity contribution < 1.29 is 9.53 Å². The van der Waals surface area contributed by atoms with Crippen molar-refractivity contribution in [2.45, 2.75) is 32.2 Å². The Morgan fingerprint density at radius 1 is 1.61 bits per heavy atom. The summed E-state index contributed by atoms with van der Waals surface area (Å²) < 4.78 is 6.57. The van der Waals surface area contributed by atoms with E-state index in [4.69, 9.17) is 22.1 Å². The molecule has 1 aromatic heterocycles. The molecule has 2 N–H and O–H groups in total. The van der Waals surface area contributed by atoms with Gasteiger partial charge in [-0.3, -0.25) is 9.48 Å².